The Labute approximate surface area is 103 Å². The number of aromatic hydroxyl groups is 1. The molecular formula is C14H19NO2. The molecule has 0 heterocycles. The van der Waals surface area contributed by atoms with E-state index in [0.29, 0.717) is 18.8 Å². The lowest BCUT2D eigenvalue weighted by Gasteiger charge is -2.07. The van der Waals surface area contributed by atoms with Crippen molar-refractivity contribution in [3.05, 3.63) is 24.3 Å². The number of ether oxygens (including phenoxy) is 1. The van der Waals surface area contributed by atoms with E-state index >= 15 is 0 Å². The smallest absolute Gasteiger partial charge is 0.160 e. The minimum atomic E-state index is 0.196. The number of benzene rings is 1. The van der Waals surface area contributed by atoms with Crippen LogP contribution in [0, 0.1) is 11.3 Å². The van der Waals surface area contributed by atoms with Crippen LogP contribution in [-0.2, 0) is 0 Å². The molecule has 0 fully saturated rings. The third kappa shape index (κ3) is 5.82. The van der Waals surface area contributed by atoms with Gasteiger partial charge in [-0.2, -0.15) is 5.26 Å². The third-order valence-electron chi connectivity index (χ3n) is 2.56. The summed E-state index contributed by atoms with van der Waals surface area (Å²) in [6.45, 7) is 0.635. The molecule has 0 spiro atoms. The molecule has 1 aromatic rings. The molecule has 0 atom stereocenters. The number of unbranched alkanes of at least 4 members (excludes halogenated alkanes) is 5. The molecule has 1 rings (SSSR count). The van der Waals surface area contributed by atoms with Gasteiger partial charge in [0.05, 0.1) is 12.7 Å². The lowest BCUT2D eigenvalue weighted by molar-refractivity contribution is 0.289. The van der Waals surface area contributed by atoms with Crippen LogP contribution in [0.15, 0.2) is 24.3 Å². The summed E-state index contributed by atoms with van der Waals surface area (Å²) >= 11 is 0. The number of hydrogen-bond acceptors (Lipinski definition) is 3. The Hall–Kier alpha value is -1.69. The molecule has 3 heteroatoms. The molecule has 0 aliphatic carbocycles. The highest BCUT2D eigenvalue weighted by atomic mass is 16.5. The van der Waals surface area contributed by atoms with Crippen molar-refractivity contribution >= 4 is 0 Å². The lowest BCUT2D eigenvalue weighted by Crippen LogP contribution is -1.97. The fraction of sp³-hybridized carbons (Fsp3) is 0.500. The van der Waals surface area contributed by atoms with Gasteiger partial charge in [0.2, 0.25) is 0 Å². The zero-order valence-corrected chi connectivity index (χ0v) is 10.1. The molecule has 0 bridgehead atoms. The Morgan fingerprint density at radius 1 is 1.06 bits per heavy atom. The van der Waals surface area contributed by atoms with Gasteiger partial charge in [0.25, 0.3) is 0 Å². The average Bonchev–Trinajstić information content (AvgIpc) is 2.35. The van der Waals surface area contributed by atoms with E-state index in [0.717, 1.165) is 32.1 Å². The number of hydrogen-bond donors (Lipinski definition) is 1. The molecular weight excluding hydrogens is 214 g/mol. The number of nitrogens with zero attached hydrogens (tertiary/aromatic N) is 1. The van der Waals surface area contributed by atoms with Gasteiger partial charge >= 0.3 is 0 Å². The van der Waals surface area contributed by atoms with Crippen molar-refractivity contribution in [1.82, 2.24) is 0 Å². The summed E-state index contributed by atoms with van der Waals surface area (Å²) in [7, 11) is 0. The number of phenolic OH excluding ortho intramolecular Hbond substituents is 1. The van der Waals surface area contributed by atoms with Crippen molar-refractivity contribution in [3.8, 4) is 17.6 Å². The van der Waals surface area contributed by atoms with Gasteiger partial charge in [0, 0.05) is 6.42 Å². The first-order valence-electron chi connectivity index (χ1n) is 6.12. The van der Waals surface area contributed by atoms with Crippen LogP contribution in [0.1, 0.15) is 38.5 Å². The highest BCUT2D eigenvalue weighted by Crippen LogP contribution is 2.24. The number of nitriles is 1. The van der Waals surface area contributed by atoms with Crippen molar-refractivity contribution in [2.75, 3.05) is 6.61 Å². The van der Waals surface area contributed by atoms with Gasteiger partial charge in [-0.1, -0.05) is 31.4 Å². The van der Waals surface area contributed by atoms with Gasteiger partial charge in [-0.05, 0) is 25.0 Å². The highest BCUT2D eigenvalue weighted by molar-refractivity contribution is 5.37. The van der Waals surface area contributed by atoms with Crippen LogP contribution >= 0.6 is 0 Å². The second kappa shape index (κ2) is 8.46. The Balaban J connectivity index is 2.01. The first-order chi connectivity index (χ1) is 8.34. The molecule has 3 nitrogen and oxygen atoms in total. The molecule has 1 N–H and O–H groups in total. The van der Waals surface area contributed by atoms with Crippen LogP contribution in [-0.4, -0.2) is 11.7 Å². The third-order valence-corrected chi connectivity index (χ3v) is 2.56. The summed E-state index contributed by atoms with van der Waals surface area (Å²) in [5.74, 6) is 0.749. The molecule has 0 saturated carbocycles. The zero-order valence-electron chi connectivity index (χ0n) is 10.1. The Morgan fingerprint density at radius 3 is 2.53 bits per heavy atom. The molecule has 0 amide bonds. The second-order valence-corrected chi connectivity index (χ2v) is 3.99. The monoisotopic (exact) mass is 233 g/mol. The first kappa shape index (κ1) is 13.4. The van der Waals surface area contributed by atoms with Crippen molar-refractivity contribution in [2.45, 2.75) is 38.5 Å². The largest absolute Gasteiger partial charge is 0.504 e. The van der Waals surface area contributed by atoms with E-state index in [1.54, 1.807) is 18.2 Å². The SMILES string of the molecule is N#CCCCCCCCOc1ccccc1O. The van der Waals surface area contributed by atoms with E-state index in [1.165, 1.54) is 0 Å². The second-order valence-electron chi connectivity index (χ2n) is 3.99. The van der Waals surface area contributed by atoms with Crippen molar-refractivity contribution < 1.29 is 9.84 Å². The summed E-state index contributed by atoms with van der Waals surface area (Å²) in [5.41, 5.74) is 0. The summed E-state index contributed by atoms with van der Waals surface area (Å²) in [6.07, 6.45) is 6.01. The minimum Gasteiger partial charge on any atom is -0.504 e. The van der Waals surface area contributed by atoms with Crippen molar-refractivity contribution in [2.24, 2.45) is 0 Å². The van der Waals surface area contributed by atoms with E-state index < -0.39 is 0 Å². The molecule has 0 aromatic heterocycles. The summed E-state index contributed by atoms with van der Waals surface area (Å²) in [5, 5.41) is 17.8. The van der Waals surface area contributed by atoms with Gasteiger partial charge in [-0.3, -0.25) is 0 Å². The van der Waals surface area contributed by atoms with Gasteiger partial charge in [-0.25, -0.2) is 0 Å². The Kier molecular flexibility index (Phi) is 6.66. The fourth-order valence-corrected chi connectivity index (χ4v) is 1.60. The summed E-state index contributed by atoms with van der Waals surface area (Å²) in [4.78, 5) is 0. The van der Waals surface area contributed by atoms with Crippen LogP contribution in [0.2, 0.25) is 0 Å². The molecule has 0 aliphatic heterocycles. The van der Waals surface area contributed by atoms with Crippen LogP contribution < -0.4 is 4.74 Å². The first-order valence-corrected chi connectivity index (χ1v) is 6.12. The van der Waals surface area contributed by atoms with Gasteiger partial charge in [-0.15, -0.1) is 0 Å². The van der Waals surface area contributed by atoms with Gasteiger partial charge in [0.15, 0.2) is 11.5 Å². The van der Waals surface area contributed by atoms with Gasteiger partial charge in [0.1, 0.15) is 0 Å². The topological polar surface area (TPSA) is 53.2 Å². The maximum absolute atomic E-state index is 9.45. The lowest BCUT2D eigenvalue weighted by atomic mass is 10.1. The number of para-hydroxylation sites is 2. The quantitative estimate of drug-likeness (QED) is 0.697. The van der Waals surface area contributed by atoms with E-state index in [1.807, 2.05) is 6.07 Å². The summed E-state index contributed by atoms with van der Waals surface area (Å²) in [6, 6.07) is 9.15. The maximum atomic E-state index is 9.45. The molecule has 0 aliphatic rings. The van der Waals surface area contributed by atoms with E-state index in [-0.39, 0.29) is 5.75 Å². The molecule has 92 valence electrons. The zero-order chi connectivity index (χ0) is 12.3. The Morgan fingerprint density at radius 2 is 1.76 bits per heavy atom. The Bertz CT molecular complexity index is 357. The van der Waals surface area contributed by atoms with Crippen LogP contribution in [0.3, 0.4) is 0 Å². The molecule has 0 saturated heterocycles. The molecule has 0 radical (unpaired) electrons. The predicted molar refractivity (Wildman–Crippen MR) is 66.9 cm³/mol. The summed E-state index contributed by atoms with van der Waals surface area (Å²) < 4.78 is 5.46. The molecule has 0 unspecified atom stereocenters. The van der Waals surface area contributed by atoms with Gasteiger partial charge < -0.3 is 9.84 Å². The van der Waals surface area contributed by atoms with E-state index in [9.17, 15) is 5.11 Å². The van der Waals surface area contributed by atoms with E-state index in [4.69, 9.17) is 10.00 Å². The maximum Gasteiger partial charge on any atom is 0.160 e. The fourth-order valence-electron chi connectivity index (χ4n) is 1.60. The minimum absolute atomic E-state index is 0.196. The predicted octanol–water partition coefficient (Wildman–Crippen LogP) is 3.64. The van der Waals surface area contributed by atoms with Crippen LogP contribution in [0.5, 0.6) is 11.5 Å². The normalized spacial score (nSPS) is 9.82. The standard InChI is InChI=1S/C14H19NO2/c15-11-7-3-1-2-4-8-12-17-14-10-6-5-9-13(14)16/h5-6,9-10,16H,1-4,7-8,12H2. The molecule has 17 heavy (non-hydrogen) atoms. The number of rotatable bonds is 8. The van der Waals surface area contributed by atoms with Crippen molar-refractivity contribution in [3.63, 3.8) is 0 Å². The highest BCUT2D eigenvalue weighted by Gasteiger charge is 1.99. The van der Waals surface area contributed by atoms with Crippen LogP contribution in [0.25, 0.3) is 0 Å². The molecule has 1 aromatic carbocycles. The van der Waals surface area contributed by atoms with Crippen LogP contribution in [0.4, 0.5) is 0 Å². The van der Waals surface area contributed by atoms with E-state index in [2.05, 4.69) is 6.07 Å². The van der Waals surface area contributed by atoms with Crippen molar-refractivity contribution in [1.29, 1.82) is 5.26 Å². The average molecular weight is 233 g/mol. The number of phenols is 1.